The van der Waals surface area contributed by atoms with Gasteiger partial charge in [-0.2, -0.15) is 0 Å². The minimum Gasteiger partial charge on any atom is -0.492 e. The molecule has 0 aliphatic heterocycles. The Balaban J connectivity index is 1.52. The number of hydrogen-bond donors (Lipinski definition) is 2. The molecule has 2 aromatic carbocycles. The summed E-state index contributed by atoms with van der Waals surface area (Å²) < 4.78 is 37.9. The maximum absolute atomic E-state index is 13.9. The number of carboxylic acid groups (broad SMARTS) is 1. The van der Waals surface area contributed by atoms with Crippen molar-refractivity contribution in [2.75, 3.05) is 31.6 Å². The zero-order valence-corrected chi connectivity index (χ0v) is 18.4. The highest BCUT2D eigenvalue weighted by molar-refractivity contribution is 5.89. The highest BCUT2D eigenvalue weighted by Crippen LogP contribution is 2.30. The maximum Gasteiger partial charge on any atom is 0.333 e. The van der Waals surface area contributed by atoms with Gasteiger partial charge < -0.3 is 24.8 Å². The molecule has 9 heteroatoms. The van der Waals surface area contributed by atoms with E-state index in [1.165, 1.54) is 6.07 Å². The Morgan fingerprint density at radius 3 is 2.52 bits per heavy atom. The van der Waals surface area contributed by atoms with E-state index in [1.54, 1.807) is 36.1 Å². The summed E-state index contributed by atoms with van der Waals surface area (Å²) in [4.78, 5) is 25.4. The molecular weight excluding hydrogens is 434 g/mol. The van der Waals surface area contributed by atoms with Gasteiger partial charge in [0.1, 0.15) is 24.0 Å². The molecule has 0 spiro atoms. The lowest BCUT2D eigenvalue weighted by molar-refractivity contribution is -0.149. The molecule has 1 saturated carbocycles. The largest absolute Gasteiger partial charge is 0.492 e. The third-order valence-electron chi connectivity index (χ3n) is 5.25. The summed E-state index contributed by atoms with van der Waals surface area (Å²) in [6.45, 7) is 3.11. The van der Waals surface area contributed by atoms with Crippen molar-refractivity contribution >= 4 is 17.7 Å². The molecule has 7 nitrogen and oxygen atoms in total. The van der Waals surface area contributed by atoms with Crippen LogP contribution >= 0.6 is 0 Å². The molecular formula is C24H28F2N2O5. The Hall–Kier alpha value is -3.20. The van der Waals surface area contributed by atoms with Gasteiger partial charge in [-0.25, -0.2) is 18.4 Å². The maximum atomic E-state index is 13.9. The number of carbonyl (C=O) groups is 2. The Kier molecular flexibility index (Phi) is 8.59. The standard InChI is InChI=1S/C24H28F2N2O5/c1-2-32-22(23(29)30)13-16-5-8-19(9-6-16)33-12-11-28(15-17-3-4-17)24(31)27-21-10-7-18(25)14-20(21)26/h5-10,14,17,22H,2-4,11-13,15H2,1H3,(H,27,31)(H,29,30). The van der Waals surface area contributed by atoms with Crippen LogP contribution in [-0.2, 0) is 16.0 Å². The van der Waals surface area contributed by atoms with Crippen LogP contribution in [0.3, 0.4) is 0 Å². The lowest BCUT2D eigenvalue weighted by Crippen LogP contribution is -2.39. The molecule has 2 N–H and O–H groups in total. The third-order valence-corrected chi connectivity index (χ3v) is 5.25. The van der Waals surface area contributed by atoms with Gasteiger partial charge in [0.15, 0.2) is 6.10 Å². The third kappa shape index (κ3) is 7.71. The van der Waals surface area contributed by atoms with Gasteiger partial charge in [-0.15, -0.1) is 0 Å². The van der Waals surface area contributed by atoms with Gasteiger partial charge in [0.05, 0.1) is 12.2 Å². The predicted octanol–water partition coefficient (Wildman–Crippen LogP) is 4.32. The van der Waals surface area contributed by atoms with Crippen molar-refractivity contribution in [3.63, 3.8) is 0 Å². The number of carboxylic acids is 1. The van der Waals surface area contributed by atoms with Crippen molar-refractivity contribution in [1.29, 1.82) is 0 Å². The van der Waals surface area contributed by atoms with Crippen molar-refractivity contribution in [3.05, 3.63) is 59.7 Å². The van der Waals surface area contributed by atoms with Gasteiger partial charge in [0, 0.05) is 25.6 Å². The summed E-state index contributed by atoms with van der Waals surface area (Å²) in [5, 5.41) is 11.7. The number of halogens is 2. The van der Waals surface area contributed by atoms with Crippen LogP contribution in [0.2, 0.25) is 0 Å². The number of urea groups is 1. The Labute approximate surface area is 191 Å². The quantitative estimate of drug-likeness (QED) is 0.491. The zero-order chi connectivity index (χ0) is 23.8. The van der Waals surface area contributed by atoms with Crippen LogP contribution in [-0.4, -0.2) is 54.4 Å². The fourth-order valence-corrected chi connectivity index (χ4v) is 3.30. The van der Waals surface area contributed by atoms with E-state index in [-0.39, 0.29) is 18.7 Å². The molecule has 1 aliphatic rings. The van der Waals surface area contributed by atoms with E-state index in [4.69, 9.17) is 9.47 Å². The second-order valence-electron chi connectivity index (χ2n) is 7.92. The van der Waals surface area contributed by atoms with Gasteiger partial charge >= 0.3 is 12.0 Å². The Morgan fingerprint density at radius 2 is 1.91 bits per heavy atom. The fraction of sp³-hybridized carbons (Fsp3) is 0.417. The summed E-state index contributed by atoms with van der Waals surface area (Å²) in [7, 11) is 0. The van der Waals surface area contributed by atoms with Crippen molar-refractivity contribution < 1.29 is 33.0 Å². The van der Waals surface area contributed by atoms with Crippen LogP contribution < -0.4 is 10.1 Å². The molecule has 0 radical (unpaired) electrons. The predicted molar refractivity (Wildman–Crippen MR) is 118 cm³/mol. The fourth-order valence-electron chi connectivity index (χ4n) is 3.30. The Morgan fingerprint density at radius 1 is 1.18 bits per heavy atom. The van der Waals surface area contributed by atoms with E-state index < -0.39 is 29.7 Å². The van der Waals surface area contributed by atoms with Crippen LogP contribution in [0.4, 0.5) is 19.3 Å². The van der Waals surface area contributed by atoms with Crippen LogP contribution in [0.5, 0.6) is 5.75 Å². The minimum absolute atomic E-state index is 0.0783. The first-order chi connectivity index (χ1) is 15.9. The number of amides is 2. The summed E-state index contributed by atoms with van der Waals surface area (Å²) in [6.07, 6.45) is 1.42. The van der Waals surface area contributed by atoms with Crippen LogP contribution in [0, 0.1) is 17.6 Å². The number of carbonyl (C=O) groups excluding carboxylic acids is 1. The van der Waals surface area contributed by atoms with E-state index in [1.807, 2.05) is 0 Å². The molecule has 2 aromatic rings. The number of nitrogens with zero attached hydrogens (tertiary/aromatic N) is 1. The first kappa shape index (κ1) is 24.4. The smallest absolute Gasteiger partial charge is 0.333 e. The molecule has 1 unspecified atom stereocenters. The van der Waals surface area contributed by atoms with Gasteiger partial charge in [-0.05, 0) is 55.5 Å². The first-order valence-electron chi connectivity index (χ1n) is 10.9. The van der Waals surface area contributed by atoms with Gasteiger partial charge in [-0.1, -0.05) is 12.1 Å². The van der Waals surface area contributed by atoms with Gasteiger partial charge in [0.25, 0.3) is 0 Å². The van der Waals surface area contributed by atoms with Crippen LogP contribution in [0.25, 0.3) is 0 Å². The Bertz CT molecular complexity index is 950. The molecule has 1 fully saturated rings. The molecule has 2 amide bonds. The average molecular weight is 462 g/mol. The van der Waals surface area contributed by atoms with Crippen molar-refractivity contribution in [1.82, 2.24) is 4.90 Å². The number of anilines is 1. The van der Waals surface area contributed by atoms with Crippen LogP contribution in [0.15, 0.2) is 42.5 Å². The zero-order valence-electron chi connectivity index (χ0n) is 18.4. The second-order valence-corrected chi connectivity index (χ2v) is 7.92. The lowest BCUT2D eigenvalue weighted by atomic mass is 10.1. The molecule has 33 heavy (non-hydrogen) atoms. The van der Waals surface area contributed by atoms with E-state index in [0.717, 1.165) is 30.5 Å². The molecule has 3 rings (SSSR count). The van der Waals surface area contributed by atoms with Gasteiger partial charge in [0.2, 0.25) is 0 Å². The summed E-state index contributed by atoms with van der Waals surface area (Å²) in [5.41, 5.74) is 0.727. The van der Waals surface area contributed by atoms with E-state index in [2.05, 4.69) is 5.32 Å². The normalized spacial score (nSPS) is 13.9. The number of rotatable bonds is 12. The van der Waals surface area contributed by atoms with Crippen molar-refractivity contribution in [3.8, 4) is 5.75 Å². The van der Waals surface area contributed by atoms with Crippen LogP contribution in [0.1, 0.15) is 25.3 Å². The van der Waals surface area contributed by atoms with E-state index in [9.17, 15) is 23.5 Å². The SMILES string of the molecule is CCOC(Cc1ccc(OCCN(CC2CC2)C(=O)Nc2ccc(F)cc2F)cc1)C(=O)O. The molecule has 0 bridgehead atoms. The number of aliphatic carboxylic acids is 1. The van der Waals surface area contributed by atoms with E-state index >= 15 is 0 Å². The lowest BCUT2D eigenvalue weighted by Gasteiger charge is -2.23. The summed E-state index contributed by atoms with van der Waals surface area (Å²) >= 11 is 0. The van der Waals surface area contributed by atoms with E-state index in [0.29, 0.717) is 31.4 Å². The van der Waals surface area contributed by atoms with Crippen molar-refractivity contribution in [2.45, 2.75) is 32.3 Å². The molecule has 0 aromatic heterocycles. The molecule has 0 heterocycles. The average Bonchev–Trinajstić information content (AvgIpc) is 3.60. The molecule has 0 saturated heterocycles. The molecule has 178 valence electrons. The molecule has 1 atom stereocenters. The molecule has 1 aliphatic carbocycles. The number of nitrogens with one attached hydrogen (secondary N) is 1. The minimum atomic E-state index is -1.01. The number of benzene rings is 2. The summed E-state index contributed by atoms with van der Waals surface area (Å²) in [5.74, 6) is -1.55. The number of hydrogen-bond acceptors (Lipinski definition) is 4. The highest BCUT2D eigenvalue weighted by Gasteiger charge is 2.27. The number of ether oxygens (including phenoxy) is 2. The second kappa shape index (κ2) is 11.6. The highest BCUT2D eigenvalue weighted by atomic mass is 19.1. The monoisotopic (exact) mass is 462 g/mol. The first-order valence-corrected chi connectivity index (χ1v) is 10.9. The topological polar surface area (TPSA) is 88.1 Å². The van der Waals surface area contributed by atoms with Gasteiger partial charge in [-0.3, -0.25) is 0 Å². The summed E-state index contributed by atoms with van der Waals surface area (Å²) in [6, 6.07) is 9.55. The van der Waals surface area contributed by atoms with Crippen molar-refractivity contribution in [2.24, 2.45) is 5.92 Å².